The van der Waals surface area contributed by atoms with E-state index in [2.05, 4.69) is 42.8 Å². The van der Waals surface area contributed by atoms with Crippen molar-refractivity contribution < 1.29 is 19.4 Å². The standard InChI is InChI=1S/C42H52Cl2N6O6/c1-8-25(18-19-42(4,9-2)48-40(54)45-5)20-26-16-17-27-21-33(47-38(56-7)34(26)27)30-14-10-12-28(35(30)43)29-13-11-15-32(36(29)44)46-37(52)31-23-50(22-24(3)51)41(55)49(6)39(31)53/h10-15,21,23-26,51H,8-9,16-20,22H2,1-7H3,(H,46,52)(H2,45,48,54)/t24-,25?,26?,42-/m1/s1. The van der Waals surface area contributed by atoms with Crippen LogP contribution in [0.2, 0.25) is 10.0 Å². The molecule has 4 atom stereocenters. The van der Waals surface area contributed by atoms with Crippen LogP contribution in [0.5, 0.6) is 5.88 Å². The summed E-state index contributed by atoms with van der Waals surface area (Å²) in [5.41, 5.74) is 3.09. The van der Waals surface area contributed by atoms with Gasteiger partial charge in [0.1, 0.15) is 5.56 Å². The summed E-state index contributed by atoms with van der Waals surface area (Å²) in [4.78, 5) is 55.9. The molecule has 12 nitrogen and oxygen atoms in total. The molecule has 0 aliphatic heterocycles. The van der Waals surface area contributed by atoms with Gasteiger partial charge in [-0.05, 0) is 81.9 Å². The Kier molecular flexibility index (Phi) is 13.7. The van der Waals surface area contributed by atoms with Gasteiger partial charge >= 0.3 is 11.7 Å². The third kappa shape index (κ3) is 9.14. The van der Waals surface area contributed by atoms with Crippen LogP contribution in [0.25, 0.3) is 22.4 Å². The third-order valence-electron chi connectivity index (χ3n) is 11.1. The Balaban J connectivity index is 1.40. The van der Waals surface area contributed by atoms with Gasteiger partial charge in [-0.3, -0.25) is 18.7 Å². The van der Waals surface area contributed by atoms with Gasteiger partial charge in [-0.1, -0.05) is 73.8 Å². The van der Waals surface area contributed by atoms with Crippen LogP contribution in [0, 0.1) is 5.92 Å². The molecule has 2 aromatic carbocycles. The third-order valence-corrected chi connectivity index (χ3v) is 11.9. The molecule has 2 heterocycles. The van der Waals surface area contributed by atoms with E-state index in [0.29, 0.717) is 45.1 Å². The number of halogens is 2. The van der Waals surface area contributed by atoms with Crippen LogP contribution in [0.4, 0.5) is 10.5 Å². The van der Waals surface area contributed by atoms with E-state index in [1.165, 1.54) is 19.5 Å². The van der Waals surface area contributed by atoms with E-state index in [-0.39, 0.29) is 34.4 Å². The van der Waals surface area contributed by atoms with Gasteiger partial charge in [0.05, 0.1) is 41.2 Å². The molecular formula is C42H52Cl2N6O6. The number of aromatic nitrogens is 3. The number of nitrogens with zero attached hydrogens (tertiary/aromatic N) is 3. The average Bonchev–Trinajstić information content (AvgIpc) is 3.59. The van der Waals surface area contributed by atoms with Crippen molar-refractivity contribution in [2.75, 3.05) is 19.5 Å². The van der Waals surface area contributed by atoms with E-state index in [0.717, 1.165) is 65.8 Å². The number of urea groups is 1. The number of aliphatic hydroxyl groups is 1. The summed E-state index contributed by atoms with van der Waals surface area (Å²) in [6.45, 7) is 7.84. The maximum atomic E-state index is 13.4. The molecule has 2 aromatic heterocycles. The Labute approximate surface area is 337 Å². The second-order valence-electron chi connectivity index (χ2n) is 15.0. The molecule has 14 heteroatoms. The highest BCUT2D eigenvalue weighted by Crippen LogP contribution is 2.47. The zero-order valence-corrected chi connectivity index (χ0v) is 34.6. The van der Waals surface area contributed by atoms with Crippen LogP contribution in [-0.4, -0.2) is 57.0 Å². The smallest absolute Gasteiger partial charge is 0.330 e. The van der Waals surface area contributed by atoms with Crippen LogP contribution < -0.4 is 31.9 Å². The van der Waals surface area contributed by atoms with E-state index in [4.69, 9.17) is 32.9 Å². The highest BCUT2D eigenvalue weighted by molar-refractivity contribution is 6.39. The van der Waals surface area contributed by atoms with Crippen molar-refractivity contribution in [3.63, 3.8) is 0 Å². The van der Waals surface area contributed by atoms with Gasteiger partial charge in [-0.2, -0.15) is 0 Å². The van der Waals surface area contributed by atoms with E-state index in [9.17, 15) is 24.3 Å². The lowest BCUT2D eigenvalue weighted by Crippen LogP contribution is -2.49. The predicted molar refractivity (Wildman–Crippen MR) is 222 cm³/mol. The number of rotatable bonds is 15. The summed E-state index contributed by atoms with van der Waals surface area (Å²) in [6, 6.07) is 12.6. The quantitative estimate of drug-likeness (QED) is 0.0967. The molecule has 4 N–H and O–H groups in total. The number of aliphatic hydroxyl groups excluding tert-OH is 1. The number of methoxy groups -OCH3 is 1. The molecule has 4 aromatic rings. The van der Waals surface area contributed by atoms with Crippen molar-refractivity contribution in [2.24, 2.45) is 13.0 Å². The summed E-state index contributed by atoms with van der Waals surface area (Å²) in [5, 5.41) is 19.0. The van der Waals surface area contributed by atoms with Crippen molar-refractivity contribution in [3.8, 4) is 28.3 Å². The summed E-state index contributed by atoms with van der Waals surface area (Å²) in [6.07, 6.45) is 6.91. The Morgan fingerprint density at radius 2 is 1.77 bits per heavy atom. The highest BCUT2D eigenvalue weighted by Gasteiger charge is 2.32. The van der Waals surface area contributed by atoms with Crippen molar-refractivity contribution >= 4 is 40.8 Å². The van der Waals surface area contributed by atoms with Crippen LogP contribution in [0.15, 0.2) is 58.3 Å². The van der Waals surface area contributed by atoms with Gasteiger partial charge in [0.25, 0.3) is 11.5 Å². The van der Waals surface area contributed by atoms with Gasteiger partial charge in [0, 0.05) is 48.1 Å². The van der Waals surface area contributed by atoms with Crippen molar-refractivity contribution in [1.29, 1.82) is 0 Å². The number of hydrogen-bond acceptors (Lipinski definition) is 7. The molecular weight excluding hydrogens is 755 g/mol. The summed E-state index contributed by atoms with van der Waals surface area (Å²) in [5.74, 6) is 0.593. The predicted octanol–water partition coefficient (Wildman–Crippen LogP) is 7.55. The second-order valence-corrected chi connectivity index (χ2v) is 15.7. The normalized spacial score (nSPS) is 15.7. The molecule has 56 heavy (non-hydrogen) atoms. The molecule has 1 aliphatic rings. The number of pyridine rings is 1. The SMILES string of the molecule is CCC(CC[C@@](C)(CC)NC(=O)NC)CC1CCc2cc(-c3cccc(-c4cccc(NC(=O)c5cn(C[C@@H](C)O)c(=O)n(C)c5=O)c4Cl)c3Cl)nc(OC)c21. The van der Waals surface area contributed by atoms with Crippen LogP contribution in [-0.2, 0) is 20.0 Å². The molecule has 0 saturated heterocycles. The molecule has 0 bridgehead atoms. The fraction of sp³-hybridized carbons (Fsp3) is 0.452. The lowest BCUT2D eigenvalue weighted by molar-refractivity contribution is 0.102. The summed E-state index contributed by atoms with van der Waals surface area (Å²) >= 11 is 14.1. The Bertz CT molecular complexity index is 2220. The van der Waals surface area contributed by atoms with Gasteiger partial charge in [-0.25, -0.2) is 14.6 Å². The number of hydrogen-bond donors (Lipinski definition) is 4. The van der Waals surface area contributed by atoms with E-state index in [1.807, 2.05) is 18.2 Å². The summed E-state index contributed by atoms with van der Waals surface area (Å²) < 4.78 is 7.88. The van der Waals surface area contributed by atoms with Gasteiger partial charge in [0.2, 0.25) is 5.88 Å². The Morgan fingerprint density at radius 3 is 2.41 bits per heavy atom. The molecule has 2 unspecified atom stereocenters. The topological polar surface area (TPSA) is 157 Å². The largest absolute Gasteiger partial charge is 0.481 e. The lowest BCUT2D eigenvalue weighted by atomic mass is 9.82. The van der Waals surface area contributed by atoms with Crippen molar-refractivity contribution in [3.05, 3.63) is 96.2 Å². The molecule has 5 rings (SSSR count). The number of carbonyl (C=O) groups is 2. The van der Waals surface area contributed by atoms with Gasteiger partial charge in [-0.15, -0.1) is 0 Å². The number of anilines is 1. The Morgan fingerprint density at radius 1 is 1.09 bits per heavy atom. The molecule has 1 aliphatic carbocycles. The highest BCUT2D eigenvalue weighted by atomic mass is 35.5. The fourth-order valence-electron chi connectivity index (χ4n) is 7.57. The number of aryl methyl sites for hydroxylation is 1. The van der Waals surface area contributed by atoms with E-state index < -0.39 is 23.3 Å². The first-order chi connectivity index (χ1) is 26.6. The molecule has 0 saturated carbocycles. The minimum absolute atomic E-state index is 0.0948. The van der Waals surface area contributed by atoms with Gasteiger partial charge in [0.15, 0.2) is 0 Å². The number of ether oxygens (including phenoxy) is 1. The number of benzene rings is 2. The maximum absolute atomic E-state index is 13.4. The first-order valence-electron chi connectivity index (χ1n) is 19.1. The molecule has 3 amide bonds. The maximum Gasteiger partial charge on any atom is 0.330 e. The molecule has 0 spiro atoms. The first-order valence-corrected chi connectivity index (χ1v) is 19.9. The molecule has 300 valence electrons. The van der Waals surface area contributed by atoms with E-state index in [1.54, 1.807) is 32.4 Å². The molecule has 0 radical (unpaired) electrons. The number of carbonyl (C=O) groups excluding carboxylic acids is 2. The number of nitrogens with one attached hydrogen (secondary N) is 3. The second kappa shape index (κ2) is 18.1. The summed E-state index contributed by atoms with van der Waals surface area (Å²) in [7, 11) is 4.55. The fourth-order valence-corrected chi connectivity index (χ4v) is 8.17. The van der Waals surface area contributed by atoms with Crippen molar-refractivity contribution in [1.82, 2.24) is 24.8 Å². The van der Waals surface area contributed by atoms with Crippen LogP contribution >= 0.6 is 23.2 Å². The van der Waals surface area contributed by atoms with Crippen LogP contribution in [0.3, 0.4) is 0 Å². The average molecular weight is 808 g/mol. The number of amides is 3. The first kappa shape index (κ1) is 42.5. The zero-order valence-electron chi connectivity index (χ0n) is 33.1. The lowest BCUT2D eigenvalue weighted by Gasteiger charge is -2.31. The minimum Gasteiger partial charge on any atom is -0.481 e. The monoisotopic (exact) mass is 806 g/mol. The zero-order chi connectivity index (χ0) is 40.9. The van der Waals surface area contributed by atoms with Gasteiger partial charge < -0.3 is 25.8 Å². The van der Waals surface area contributed by atoms with Crippen molar-refractivity contribution in [2.45, 2.75) is 96.7 Å². The Hall–Kier alpha value is -4.65. The number of fused-ring (bicyclic) bond motifs is 1. The van der Waals surface area contributed by atoms with Crippen LogP contribution in [0.1, 0.15) is 93.6 Å². The minimum atomic E-state index is -0.879. The molecule has 0 fully saturated rings. The van der Waals surface area contributed by atoms with E-state index >= 15 is 0 Å².